The Morgan fingerprint density at radius 2 is 1.73 bits per heavy atom. The lowest BCUT2D eigenvalue weighted by molar-refractivity contribution is 0.461. The summed E-state index contributed by atoms with van der Waals surface area (Å²) in [6, 6.07) is 5.57. The Hall–Kier alpha value is -2.17. The number of nitrogen functional groups attached to an aromatic ring is 1. The van der Waals surface area contributed by atoms with Crippen molar-refractivity contribution in [2.24, 2.45) is 0 Å². The van der Waals surface area contributed by atoms with Crippen LogP contribution in [0.15, 0.2) is 36.7 Å². The molecule has 0 fully saturated rings. The summed E-state index contributed by atoms with van der Waals surface area (Å²) in [5.41, 5.74) is 5.53. The number of aromatic nitrogens is 2. The van der Waals surface area contributed by atoms with E-state index in [1.165, 1.54) is 36.7 Å². The van der Waals surface area contributed by atoms with Crippen LogP contribution in [0.4, 0.5) is 10.2 Å². The lowest BCUT2D eigenvalue weighted by Gasteiger charge is -2.05. The smallest absolute Gasteiger partial charge is 0.262 e. The van der Waals surface area contributed by atoms with E-state index in [0.29, 0.717) is 5.75 Å². The van der Waals surface area contributed by atoms with Crippen LogP contribution in [0.2, 0.25) is 0 Å². The van der Waals surface area contributed by atoms with Crippen LogP contribution in [0, 0.1) is 5.82 Å². The van der Waals surface area contributed by atoms with Crippen molar-refractivity contribution in [3.63, 3.8) is 0 Å². The Morgan fingerprint density at radius 1 is 1.07 bits per heavy atom. The van der Waals surface area contributed by atoms with Crippen LogP contribution in [0.3, 0.4) is 0 Å². The molecule has 0 bridgehead atoms. The fourth-order valence-corrected chi connectivity index (χ4v) is 1.03. The lowest BCUT2D eigenvalue weighted by Crippen LogP contribution is -1.96. The van der Waals surface area contributed by atoms with Crippen LogP contribution >= 0.6 is 0 Å². The number of rotatable bonds is 2. The van der Waals surface area contributed by atoms with E-state index in [-0.39, 0.29) is 17.5 Å². The average Bonchev–Trinajstić information content (AvgIpc) is 2.25. The second kappa shape index (κ2) is 3.91. The standard InChI is InChI=1S/C10H8FN3O/c11-7-1-3-8(4-2-7)15-10-9(12)13-5-6-14-10/h1-6H,(H2,12,13). The van der Waals surface area contributed by atoms with Crippen molar-refractivity contribution in [1.82, 2.24) is 9.97 Å². The maximum atomic E-state index is 12.6. The molecule has 0 radical (unpaired) electrons. The van der Waals surface area contributed by atoms with E-state index in [1.807, 2.05) is 0 Å². The summed E-state index contributed by atoms with van der Waals surface area (Å²) in [5, 5.41) is 0. The molecule has 0 spiro atoms. The van der Waals surface area contributed by atoms with E-state index in [2.05, 4.69) is 9.97 Å². The second-order valence-electron chi connectivity index (χ2n) is 2.80. The molecular formula is C10H8FN3O. The predicted molar refractivity (Wildman–Crippen MR) is 52.9 cm³/mol. The van der Waals surface area contributed by atoms with Crippen molar-refractivity contribution in [1.29, 1.82) is 0 Å². The summed E-state index contributed by atoms with van der Waals surface area (Å²) in [5.74, 6) is 0.545. The maximum absolute atomic E-state index is 12.6. The van der Waals surface area contributed by atoms with Gasteiger partial charge in [-0.15, -0.1) is 0 Å². The van der Waals surface area contributed by atoms with Gasteiger partial charge in [0.25, 0.3) is 5.88 Å². The second-order valence-corrected chi connectivity index (χ2v) is 2.80. The third-order valence-corrected chi connectivity index (χ3v) is 1.72. The van der Waals surface area contributed by atoms with Crippen molar-refractivity contribution in [3.05, 3.63) is 42.5 Å². The fraction of sp³-hybridized carbons (Fsp3) is 0. The zero-order chi connectivity index (χ0) is 10.7. The highest BCUT2D eigenvalue weighted by Crippen LogP contribution is 2.22. The molecule has 76 valence electrons. The van der Waals surface area contributed by atoms with Crippen LogP contribution in [-0.4, -0.2) is 9.97 Å². The zero-order valence-corrected chi connectivity index (χ0v) is 7.72. The molecule has 0 aliphatic rings. The first-order valence-electron chi connectivity index (χ1n) is 4.25. The Kier molecular flexibility index (Phi) is 2.45. The summed E-state index contributed by atoms with van der Waals surface area (Å²) in [7, 11) is 0. The monoisotopic (exact) mass is 205 g/mol. The summed E-state index contributed by atoms with van der Waals surface area (Å²) in [6.07, 6.45) is 2.93. The van der Waals surface area contributed by atoms with Gasteiger partial charge in [-0.2, -0.15) is 0 Å². The van der Waals surface area contributed by atoms with Crippen molar-refractivity contribution in [2.75, 3.05) is 5.73 Å². The van der Waals surface area contributed by atoms with Crippen molar-refractivity contribution >= 4 is 5.82 Å². The molecule has 2 aromatic rings. The van der Waals surface area contributed by atoms with Crippen molar-refractivity contribution < 1.29 is 9.13 Å². The number of anilines is 1. The third kappa shape index (κ3) is 2.19. The van der Waals surface area contributed by atoms with Gasteiger partial charge >= 0.3 is 0 Å². The van der Waals surface area contributed by atoms with Crippen LogP contribution in [-0.2, 0) is 0 Å². The number of hydrogen-bond acceptors (Lipinski definition) is 4. The van der Waals surface area contributed by atoms with Gasteiger partial charge in [-0.05, 0) is 24.3 Å². The first-order valence-corrected chi connectivity index (χ1v) is 4.25. The van der Waals surface area contributed by atoms with Gasteiger partial charge in [-0.25, -0.2) is 14.4 Å². The van der Waals surface area contributed by atoms with Crippen molar-refractivity contribution in [2.45, 2.75) is 0 Å². The molecule has 15 heavy (non-hydrogen) atoms. The van der Waals surface area contributed by atoms with E-state index in [9.17, 15) is 4.39 Å². The molecule has 1 aromatic carbocycles. The number of hydrogen-bond donors (Lipinski definition) is 1. The molecule has 2 rings (SSSR count). The van der Waals surface area contributed by atoms with Crippen LogP contribution in [0.25, 0.3) is 0 Å². The van der Waals surface area contributed by atoms with E-state index in [4.69, 9.17) is 10.5 Å². The minimum absolute atomic E-state index is 0.196. The van der Waals surface area contributed by atoms with Crippen molar-refractivity contribution in [3.8, 4) is 11.6 Å². The van der Waals surface area contributed by atoms with Crippen LogP contribution < -0.4 is 10.5 Å². The Balaban J connectivity index is 2.22. The normalized spacial score (nSPS) is 9.93. The van der Waals surface area contributed by atoms with E-state index >= 15 is 0 Å². The highest BCUT2D eigenvalue weighted by atomic mass is 19.1. The first-order chi connectivity index (χ1) is 7.25. The SMILES string of the molecule is Nc1nccnc1Oc1ccc(F)cc1. The van der Waals surface area contributed by atoms with Gasteiger partial charge in [0.2, 0.25) is 0 Å². The third-order valence-electron chi connectivity index (χ3n) is 1.72. The van der Waals surface area contributed by atoms with Gasteiger partial charge in [0, 0.05) is 12.4 Å². The largest absolute Gasteiger partial charge is 0.436 e. The van der Waals surface area contributed by atoms with Gasteiger partial charge in [0.1, 0.15) is 11.6 Å². The Bertz CT molecular complexity index is 458. The highest BCUT2D eigenvalue weighted by Gasteiger charge is 2.03. The molecule has 0 aliphatic carbocycles. The zero-order valence-electron chi connectivity index (χ0n) is 7.72. The number of nitrogens with two attached hydrogens (primary N) is 1. The summed E-state index contributed by atoms with van der Waals surface area (Å²) < 4.78 is 17.9. The van der Waals surface area contributed by atoms with Gasteiger partial charge in [-0.1, -0.05) is 0 Å². The molecule has 0 amide bonds. The summed E-state index contributed by atoms with van der Waals surface area (Å²) in [6.45, 7) is 0. The fourth-order valence-electron chi connectivity index (χ4n) is 1.03. The molecule has 1 heterocycles. The number of ether oxygens (including phenoxy) is 1. The van der Waals surface area contributed by atoms with Crippen LogP contribution in [0.5, 0.6) is 11.6 Å². The number of nitrogens with zero attached hydrogens (tertiary/aromatic N) is 2. The molecule has 0 saturated carbocycles. The predicted octanol–water partition coefficient (Wildman–Crippen LogP) is 1.99. The van der Waals surface area contributed by atoms with Gasteiger partial charge in [-0.3, -0.25) is 0 Å². The maximum Gasteiger partial charge on any atom is 0.262 e. The van der Waals surface area contributed by atoms with E-state index in [0.717, 1.165) is 0 Å². The molecule has 0 aliphatic heterocycles. The Morgan fingerprint density at radius 3 is 2.40 bits per heavy atom. The molecule has 0 atom stereocenters. The van der Waals surface area contributed by atoms with Gasteiger partial charge in [0.05, 0.1) is 0 Å². The highest BCUT2D eigenvalue weighted by molar-refractivity contribution is 5.41. The number of benzene rings is 1. The van der Waals surface area contributed by atoms with Gasteiger partial charge in [0.15, 0.2) is 5.82 Å². The lowest BCUT2D eigenvalue weighted by atomic mass is 10.3. The molecule has 2 N–H and O–H groups in total. The Labute approximate surface area is 85.5 Å². The topological polar surface area (TPSA) is 61.0 Å². The quantitative estimate of drug-likeness (QED) is 0.814. The van der Waals surface area contributed by atoms with E-state index in [1.54, 1.807) is 0 Å². The molecule has 5 heteroatoms. The number of halogens is 1. The molecule has 1 aromatic heterocycles. The summed E-state index contributed by atoms with van der Waals surface area (Å²) in [4.78, 5) is 7.70. The van der Waals surface area contributed by atoms with Crippen LogP contribution in [0.1, 0.15) is 0 Å². The minimum atomic E-state index is -0.325. The molecular weight excluding hydrogens is 197 g/mol. The summed E-state index contributed by atoms with van der Waals surface area (Å²) >= 11 is 0. The minimum Gasteiger partial charge on any atom is -0.436 e. The molecule has 4 nitrogen and oxygen atoms in total. The first kappa shape index (κ1) is 9.39. The van der Waals surface area contributed by atoms with E-state index < -0.39 is 0 Å². The van der Waals surface area contributed by atoms with Gasteiger partial charge < -0.3 is 10.5 Å². The molecule has 0 unspecified atom stereocenters. The average molecular weight is 205 g/mol. The molecule has 0 saturated heterocycles.